The molecule has 0 radical (unpaired) electrons. The predicted octanol–water partition coefficient (Wildman–Crippen LogP) is 0.784. The van der Waals surface area contributed by atoms with E-state index in [0.29, 0.717) is 16.7 Å². The highest BCUT2D eigenvalue weighted by atomic mass is 35.5. The Morgan fingerprint density at radius 2 is 1.83 bits per heavy atom. The molecule has 1 amide bonds. The van der Waals surface area contributed by atoms with Crippen molar-refractivity contribution in [1.29, 1.82) is 0 Å². The molecule has 1 aromatic heterocycles. The van der Waals surface area contributed by atoms with Gasteiger partial charge >= 0.3 is 11.1 Å². The highest BCUT2D eigenvalue weighted by Gasteiger charge is 2.04. The van der Waals surface area contributed by atoms with Crippen LogP contribution >= 0.6 is 11.6 Å². The molecule has 1 heterocycles. The number of aromatic amines is 2. The average molecular weight is 268 g/mol. The Kier molecular flexibility index (Phi) is 3.47. The molecule has 0 bridgehead atoms. The summed E-state index contributed by atoms with van der Waals surface area (Å²) >= 11 is 5.45. The number of fused-ring (bicyclic) bond motifs is 1. The first-order chi connectivity index (χ1) is 8.60. The van der Waals surface area contributed by atoms with Crippen molar-refractivity contribution in [3.63, 3.8) is 0 Å². The van der Waals surface area contributed by atoms with Gasteiger partial charge in [-0.15, -0.1) is 11.6 Å². The van der Waals surface area contributed by atoms with Gasteiger partial charge in [0, 0.05) is 18.0 Å². The fraction of sp³-hybridized carbons (Fsp3) is 0.182. The molecule has 0 spiro atoms. The number of H-pyrrole nitrogens is 2. The highest BCUT2D eigenvalue weighted by Crippen LogP contribution is 2.13. The minimum Gasteiger partial charge on any atom is -0.326 e. The van der Waals surface area contributed by atoms with Gasteiger partial charge in [0.05, 0.1) is 11.0 Å². The molecule has 18 heavy (non-hydrogen) atoms. The van der Waals surface area contributed by atoms with Crippen LogP contribution in [-0.2, 0) is 4.79 Å². The Morgan fingerprint density at radius 3 is 2.50 bits per heavy atom. The van der Waals surface area contributed by atoms with Crippen LogP contribution in [0.25, 0.3) is 11.0 Å². The first-order valence-corrected chi connectivity index (χ1v) is 5.76. The van der Waals surface area contributed by atoms with Gasteiger partial charge in [-0.05, 0) is 18.2 Å². The van der Waals surface area contributed by atoms with Crippen LogP contribution in [0.5, 0.6) is 0 Å². The summed E-state index contributed by atoms with van der Waals surface area (Å²) in [5.41, 5.74) is 0.0340. The van der Waals surface area contributed by atoms with Crippen LogP contribution in [-0.4, -0.2) is 21.8 Å². The minimum absolute atomic E-state index is 0.210. The predicted molar refractivity (Wildman–Crippen MR) is 69.2 cm³/mol. The van der Waals surface area contributed by atoms with Crippen LogP contribution in [0.3, 0.4) is 0 Å². The summed E-state index contributed by atoms with van der Waals surface area (Å²) in [5, 5.41) is 2.63. The molecular formula is C11H10ClN3O3. The third-order valence-electron chi connectivity index (χ3n) is 2.33. The fourth-order valence-corrected chi connectivity index (χ4v) is 1.67. The molecule has 7 heteroatoms. The maximum absolute atomic E-state index is 11.3. The number of carbonyl (C=O) groups is 1. The maximum atomic E-state index is 11.3. The second-order valence-corrected chi connectivity index (χ2v) is 4.03. The lowest BCUT2D eigenvalue weighted by molar-refractivity contribution is -0.115. The molecule has 0 saturated heterocycles. The molecule has 0 unspecified atom stereocenters. The molecule has 3 N–H and O–H groups in total. The van der Waals surface area contributed by atoms with Crippen molar-refractivity contribution < 1.29 is 4.79 Å². The third kappa shape index (κ3) is 2.60. The SMILES string of the molecule is O=C(CCCl)Nc1ccc2[nH]c(=O)c(=O)[nH]c2c1. The lowest BCUT2D eigenvalue weighted by atomic mass is 10.2. The smallest absolute Gasteiger partial charge is 0.314 e. The van der Waals surface area contributed by atoms with Crippen molar-refractivity contribution >= 4 is 34.2 Å². The Labute approximate surface area is 106 Å². The molecule has 1 aromatic carbocycles. The lowest BCUT2D eigenvalue weighted by Crippen LogP contribution is -2.28. The first-order valence-electron chi connectivity index (χ1n) is 5.22. The van der Waals surface area contributed by atoms with Crippen molar-refractivity contribution in [2.45, 2.75) is 6.42 Å². The summed E-state index contributed by atoms with van der Waals surface area (Å²) in [4.78, 5) is 38.5. The van der Waals surface area contributed by atoms with Crippen molar-refractivity contribution in [2.75, 3.05) is 11.2 Å². The second-order valence-electron chi connectivity index (χ2n) is 3.66. The Hall–Kier alpha value is -2.08. The van der Waals surface area contributed by atoms with Crippen LogP contribution in [0.15, 0.2) is 27.8 Å². The molecule has 6 nitrogen and oxygen atoms in total. The van der Waals surface area contributed by atoms with Crippen LogP contribution in [0.1, 0.15) is 6.42 Å². The number of hydrogen-bond acceptors (Lipinski definition) is 3. The normalized spacial score (nSPS) is 10.5. The zero-order valence-electron chi connectivity index (χ0n) is 9.25. The summed E-state index contributed by atoms with van der Waals surface area (Å²) < 4.78 is 0. The lowest BCUT2D eigenvalue weighted by Gasteiger charge is -2.05. The number of carbonyl (C=O) groups excluding carboxylic acids is 1. The summed E-state index contributed by atoms with van der Waals surface area (Å²) in [5.74, 6) is 0.0277. The van der Waals surface area contributed by atoms with Gasteiger partial charge in [0.1, 0.15) is 0 Å². The van der Waals surface area contributed by atoms with Crippen LogP contribution in [0.4, 0.5) is 5.69 Å². The largest absolute Gasteiger partial charge is 0.326 e. The number of benzene rings is 1. The minimum atomic E-state index is -0.730. The standard InChI is InChI=1S/C11H10ClN3O3/c12-4-3-9(16)13-6-1-2-7-8(5-6)15-11(18)10(17)14-7/h1-2,5H,3-4H2,(H,13,16)(H,14,17)(H,15,18). The van der Waals surface area contributed by atoms with E-state index in [1.165, 1.54) is 0 Å². The highest BCUT2D eigenvalue weighted by molar-refractivity contribution is 6.19. The number of anilines is 1. The Morgan fingerprint density at radius 1 is 1.17 bits per heavy atom. The number of hydrogen-bond donors (Lipinski definition) is 3. The third-order valence-corrected chi connectivity index (χ3v) is 2.52. The van der Waals surface area contributed by atoms with E-state index < -0.39 is 11.1 Å². The van der Waals surface area contributed by atoms with E-state index in [2.05, 4.69) is 15.3 Å². The van der Waals surface area contributed by atoms with Crippen molar-refractivity contribution in [3.05, 3.63) is 38.9 Å². The van der Waals surface area contributed by atoms with Crippen LogP contribution < -0.4 is 16.4 Å². The number of aromatic nitrogens is 2. The van der Waals surface area contributed by atoms with Gasteiger partial charge in [0.15, 0.2) is 0 Å². The van der Waals surface area contributed by atoms with Crippen LogP contribution in [0, 0.1) is 0 Å². The Balaban J connectivity index is 2.38. The number of amides is 1. The van der Waals surface area contributed by atoms with Gasteiger partial charge in [0.25, 0.3) is 0 Å². The fourth-order valence-electron chi connectivity index (χ4n) is 1.50. The van der Waals surface area contributed by atoms with E-state index in [-0.39, 0.29) is 18.2 Å². The zero-order valence-corrected chi connectivity index (χ0v) is 10.0. The molecule has 0 aliphatic heterocycles. The quantitative estimate of drug-likeness (QED) is 0.567. The number of nitrogens with one attached hydrogen (secondary N) is 3. The molecule has 2 aromatic rings. The van der Waals surface area contributed by atoms with Gasteiger partial charge in [-0.2, -0.15) is 0 Å². The summed E-state index contributed by atoms with van der Waals surface area (Å²) in [6.45, 7) is 0. The van der Waals surface area contributed by atoms with Gasteiger partial charge in [-0.1, -0.05) is 0 Å². The molecule has 0 aliphatic rings. The van der Waals surface area contributed by atoms with Crippen LogP contribution in [0.2, 0.25) is 0 Å². The van der Waals surface area contributed by atoms with E-state index in [4.69, 9.17) is 11.6 Å². The number of alkyl halides is 1. The molecule has 0 saturated carbocycles. The molecule has 2 rings (SSSR count). The molecular weight excluding hydrogens is 258 g/mol. The van der Waals surface area contributed by atoms with E-state index in [0.717, 1.165) is 0 Å². The molecule has 0 aliphatic carbocycles. The topological polar surface area (TPSA) is 94.8 Å². The monoisotopic (exact) mass is 267 g/mol. The van der Waals surface area contributed by atoms with Gasteiger partial charge < -0.3 is 15.3 Å². The molecule has 0 atom stereocenters. The summed E-state index contributed by atoms with van der Waals surface area (Å²) in [6, 6.07) is 4.80. The van der Waals surface area contributed by atoms with Crippen molar-refractivity contribution in [3.8, 4) is 0 Å². The van der Waals surface area contributed by atoms with E-state index in [9.17, 15) is 14.4 Å². The van der Waals surface area contributed by atoms with E-state index in [1.54, 1.807) is 18.2 Å². The number of rotatable bonds is 3. The van der Waals surface area contributed by atoms with Crippen molar-refractivity contribution in [1.82, 2.24) is 9.97 Å². The summed E-state index contributed by atoms with van der Waals surface area (Å²) in [6.07, 6.45) is 0.210. The average Bonchev–Trinajstić information content (AvgIpc) is 2.31. The molecule has 94 valence electrons. The second kappa shape index (κ2) is 5.05. The summed E-state index contributed by atoms with van der Waals surface area (Å²) in [7, 11) is 0. The first kappa shape index (κ1) is 12.4. The van der Waals surface area contributed by atoms with Gasteiger partial charge in [-0.25, -0.2) is 0 Å². The van der Waals surface area contributed by atoms with Gasteiger partial charge in [0.2, 0.25) is 5.91 Å². The molecule has 0 fully saturated rings. The maximum Gasteiger partial charge on any atom is 0.314 e. The Bertz CT molecular complexity index is 704. The van der Waals surface area contributed by atoms with E-state index >= 15 is 0 Å². The van der Waals surface area contributed by atoms with Crippen molar-refractivity contribution in [2.24, 2.45) is 0 Å². The zero-order chi connectivity index (χ0) is 13.1. The number of halogens is 1. The van der Waals surface area contributed by atoms with Gasteiger partial charge in [-0.3, -0.25) is 14.4 Å². The van der Waals surface area contributed by atoms with E-state index in [1.807, 2.05) is 0 Å².